The first-order valence-electron chi connectivity index (χ1n) is 7.64. The number of benzene rings is 1. The average molecular weight is 311 g/mol. The third kappa shape index (κ3) is 4.28. The summed E-state index contributed by atoms with van der Waals surface area (Å²) in [5.74, 6) is 1.22. The second-order valence-corrected chi connectivity index (χ2v) is 7.92. The lowest BCUT2D eigenvalue weighted by Crippen LogP contribution is -2.39. The van der Waals surface area contributed by atoms with Crippen LogP contribution in [0.3, 0.4) is 0 Å². The predicted molar refractivity (Wildman–Crippen MR) is 83.5 cm³/mol. The Morgan fingerprint density at radius 2 is 1.81 bits per heavy atom. The molecule has 1 saturated carbocycles. The Hall–Kier alpha value is -0.910. The van der Waals surface area contributed by atoms with Gasteiger partial charge in [0.25, 0.3) is 0 Å². The molecule has 1 aromatic carbocycles. The van der Waals surface area contributed by atoms with Crippen LogP contribution in [0.1, 0.15) is 38.7 Å². The molecule has 0 spiro atoms. The number of hydrogen-bond donors (Lipinski definition) is 2. The van der Waals surface area contributed by atoms with Crippen molar-refractivity contribution in [3.63, 3.8) is 0 Å². The van der Waals surface area contributed by atoms with Gasteiger partial charge in [-0.2, -0.15) is 0 Å². The van der Waals surface area contributed by atoms with E-state index in [4.69, 9.17) is 5.11 Å². The Morgan fingerprint density at radius 1 is 1.14 bits per heavy atom. The van der Waals surface area contributed by atoms with E-state index in [1.165, 1.54) is 0 Å². The van der Waals surface area contributed by atoms with E-state index in [9.17, 15) is 8.42 Å². The number of sulfonamides is 1. The van der Waals surface area contributed by atoms with Crippen molar-refractivity contribution in [2.24, 2.45) is 11.8 Å². The molecule has 2 rings (SSSR count). The molecule has 1 aliphatic carbocycles. The molecule has 5 heteroatoms. The van der Waals surface area contributed by atoms with Crippen LogP contribution in [0.4, 0.5) is 0 Å². The number of aliphatic hydroxyl groups is 1. The van der Waals surface area contributed by atoms with Crippen LogP contribution in [0.5, 0.6) is 0 Å². The van der Waals surface area contributed by atoms with Crippen LogP contribution in [0.25, 0.3) is 0 Å². The molecule has 3 unspecified atom stereocenters. The smallest absolute Gasteiger partial charge is 0.240 e. The molecule has 1 aromatic rings. The van der Waals surface area contributed by atoms with Gasteiger partial charge < -0.3 is 5.11 Å². The fraction of sp³-hybridized carbons (Fsp3) is 0.625. The molecule has 118 valence electrons. The van der Waals surface area contributed by atoms with Gasteiger partial charge in [0, 0.05) is 12.6 Å². The third-order valence-corrected chi connectivity index (χ3v) is 6.09. The highest BCUT2D eigenvalue weighted by Gasteiger charge is 2.28. The minimum absolute atomic E-state index is 0.0401. The summed E-state index contributed by atoms with van der Waals surface area (Å²) < 4.78 is 27.6. The molecule has 0 radical (unpaired) electrons. The Kier molecular flexibility index (Phi) is 5.41. The van der Waals surface area contributed by atoms with Crippen LogP contribution in [-0.2, 0) is 16.4 Å². The van der Waals surface area contributed by atoms with Crippen molar-refractivity contribution in [1.82, 2.24) is 4.72 Å². The quantitative estimate of drug-likeness (QED) is 0.877. The van der Waals surface area contributed by atoms with Gasteiger partial charge in [-0.15, -0.1) is 0 Å². The lowest BCUT2D eigenvalue weighted by Gasteiger charge is -2.32. The summed E-state index contributed by atoms with van der Waals surface area (Å²) in [6.07, 6.45) is 3.44. The highest BCUT2D eigenvalue weighted by molar-refractivity contribution is 7.89. The van der Waals surface area contributed by atoms with E-state index in [2.05, 4.69) is 18.6 Å². The van der Waals surface area contributed by atoms with E-state index >= 15 is 0 Å². The van der Waals surface area contributed by atoms with E-state index in [0.29, 0.717) is 23.2 Å². The zero-order valence-electron chi connectivity index (χ0n) is 12.7. The highest BCUT2D eigenvalue weighted by atomic mass is 32.2. The maximum atomic E-state index is 12.4. The van der Waals surface area contributed by atoms with E-state index in [1.807, 2.05) is 0 Å². The summed E-state index contributed by atoms with van der Waals surface area (Å²) in [4.78, 5) is 0.301. The Morgan fingerprint density at radius 3 is 2.38 bits per heavy atom. The number of hydrogen-bond acceptors (Lipinski definition) is 3. The Bertz CT molecular complexity index is 553. The summed E-state index contributed by atoms with van der Waals surface area (Å²) in [7, 11) is -3.45. The second kappa shape index (κ2) is 6.90. The first-order valence-corrected chi connectivity index (χ1v) is 9.13. The highest BCUT2D eigenvalue weighted by Crippen LogP contribution is 2.30. The number of aliphatic hydroxyl groups excluding tert-OH is 1. The van der Waals surface area contributed by atoms with Gasteiger partial charge in [0.1, 0.15) is 0 Å². The van der Waals surface area contributed by atoms with Crippen molar-refractivity contribution in [2.45, 2.75) is 50.5 Å². The molecular formula is C16H25NO3S. The molecular weight excluding hydrogens is 286 g/mol. The van der Waals surface area contributed by atoms with E-state index in [1.54, 1.807) is 24.3 Å². The molecule has 0 aromatic heterocycles. The molecule has 1 fully saturated rings. The summed E-state index contributed by atoms with van der Waals surface area (Å²) in [6.45, 7) is 4.49. The topological polar surface area (TPSA) is 66.4 Å². The van der Waals surface area contributed by atoms with Crippen molar-refractivity contribution in [1.29, 1.82) is 0 Å². The largest absolute Gasteiger partial charge is 0.396 e. The third-order valence-electron chi connectivity index (χ3n) is 4.55. The van der Waals surface area contributed by atoms with Gasteiger partial charge in [0.05, 0.1) is 4.90 Å². The first kappa shape index (κ1) is 16.5. The fourth-order valence-corrected chi connectivity index (χ4v) is 4.19. The van der Waals surface area contributed by atoms with Gasteiger partial charge >= 0.3 is 0 Å². The van der Waals surface area contributed by atoms with Gasteiger partial charge in [-0.3, -0.25) is 0 Å². The summed E-state index contributed by atoms with van der Waals surface area (Å²) in [6, 6.07) is 6.79. The standard InChI is InChI=1S/C16H25NO3S/c1-12-3-6-15(11-13(12)2)17-21(19,20)16-7-4-14(5-8-16)9-10-18/h4-5,7-8,12-13,15,17-18H,3,6,9-11H2,1-2H3. The molecule has 2 N–H and O–H groups in total. The van der Waals surface area contributed by atoms with Crippen LogP contribution in [0, 0.1) is 11.8 Å². The number of rotatable bonds is 5. The molecule has 0 bridgehead atoms. The predicted octanol–water partition coefficient (Wildman–Crippen LogP) is 2.32. The minimum atomic E-state index is -3.45. The van der Waals surface area contributed by atoms with Crippen molar-refractivity contribution < 1.29 is 13.5 Å². The minimum Gasteiger partial charge on any atom is -0.396 e. The monoisotopic (exact) mass is 311 g/mol. The molecule has 0 aliphatic heterocycles. The van der Waals surface area contributed by atoms with Gasteiger partial charge in [-0.25, -0.2) is 13.1 Å². The van der Waals surface area contributed by atoms with Gasteiger partial charge in [0.15, 0.2) is 0 Å². The Labute approximate surface area is 127 Å². The molecule has 21 heavy (non-hydrogen) atoms. The normalized spacial score (nSPS) is 26.7. The van der Waals surface area contributed by atoms with Crippen LogP contribution in [0.15, 0.2) is 29.2 Å². The van der Waals surface area contributed by atoms with Crippen LogP contribution < -0.4 is 4.72 Å². The van der Waals surface area contributed by atoms with Crippen molar-refractivity contribution in [3.8, 4) is 0 Å². The zero-order valence-corrected chi connectivity index (χ0v) is 13.6. The molecule has 0 amide bonds. The molecule has 3 atom stereocenters. The van der Waals surface area contributed by atoms with Crippen LogP contribution >= 0.6 is 0 Å². The maximum Gasteiger partial charge on any atom is 0.240 e. The van der Waals surface area contributed by atoms with Crippen LogP contribution in [-0.4, -0.2) is 26.2 Å². The number of nitrogens with one attached hydrogen (secondary N) is 1. The van der Waals surface area contributed by atoms with E-state index in [-0.39, 0.29) is 12.6 Å². The van der Waals surface area contributed by atoms with Gasteiger partial charge in [-0.1, -0.05) is 26.0 Å². The van der Waals surface area contributed by atoms with Gasteiger partial charge in [0.2, 0.25) is 10.0 Å². The molecule has 4 nitrogen and oxygen atoms in total. The first-order chi connectivity index (χ1) is 9.92. The lowest BCUT2D eigenvalue weighted by atomic mass is 9.79. The van der Waals surface area contributed by atoms with Crippen molar-refractivity contribution in [2.75, 3.05) is 6.61 Å². The average Bonchev–Trinajstić information content (AvgIpc) is 2.44. The molecule has 1 aliphatic rings. The SMILES string of the molecule is CC1CCC(NS(=O)(=O)c2ccc(CCO)cc2)CC1C. The fourth-order valence-electron chi connectivity index (χ4n) is 2.91. The maximum absolute atomic E-state index is 12.4. The summed E-state index contributed by atoms with van der Waals surface area (Å²) in [5.41, 5.74) is 0.941. The molecule has 0 saturated heterocycles. The second-order valence-electron chi connectivity index (χ2n) is 6.20. The van der Waals surface area contributed by atoms with Gasteiger partial charge in [-0.05, 0) is 55.2 Å². The van der Waals surface area contributed by atoms with E-state index in [0.717, 1.165) is 24.8 Å². The Balaban J connectivity index is 2.04. The zero-order chi connectivity index (χ0) is 15.5. The van der Waals surface area contributed by atoms with E-state index < -0.39 is 10.0 Å². The van der Waals surface area contributed by atoms with Crippen molar-refractivity contribution >= 4 is 10.0 Å². The summed E-state index contributed by atoms with van der Waals surface area (Å²) in [5, 5.41) is 8.88. The lowest BCUT2D eigenvalue weighted by molar-refractivity contribution is 0.242. The summed E-state index contributed by atoms with van der Waals surface area (Å²) >= 11 is 0. The molecule has 0 heterocycles. The van der Waals surface area contributed by atoms with Crippen LogP contribution in [0.2, 0.25) is 0 Å². The van der Waals surface area contributed by atoms with Crippen molar-refractivity contribution in [3.05, 3.63) is 29.8 Å².